The number of aromatic nitrogens is 3. The van der Waals surface area contributed by atoms with Gasteiger partial charge in [-0.2, -0.15) is 0 Å². The third-order valence-electron chi connectivity index (χ3n) is 3.27. The van der Waals surface area contributed by atoms with Gasteiger partial charge in [-0.1, -0.05) is 19.1 Å². The van der Waals surface area contributed by atoms with Crippen LogP contribution in [0.3, 0.4) is 0 Å². The molecule has 1 heterocycles. The molecule has 1 aliphatic carbocycles. The third kappa shape index (κ3) is 2.43. The van der Waals surface area contributed by atoms with Crippen molar-refractivity contribution in [2.24, 2.45) is 5.41 Å². The average Bonchev–Trinajstić information content (AvgIpc) is 2.63. The summed E-state index contributed by atoms with van der Waals surface area (Å²) in [6.45, 7) is 11.8. The molecular formula is C12H22N4. The van der Waals surface area contributed by atoms with Crippen LogP contribution in [0, 0.1) is 5.41 Å². The number of rotatable bonds is 3. The SMILES string of the molecule is CC1(C)CC1NCc1cn(C(C)(C)C)nn1. The zero-order chi connectivity index (χ0) is 12.0. The minimum absolute atomic E-state index is 0.0180. The minimum Gasteiger partial charge on any atom is -0.308 e. The molecule has 1 aromatic rings. The first-order chi connectivity index (χ1) is 7.29. The van der Waals surface area contributed by atoms with Crippen LogP contribution in [0.15, 0.2) is 6.20 Å². The molecule has 16 heavy (non-hydrogen) atoms. The zero-order valence-corrected chi connectivity index (χ0v) is 10.9. The maximum absolute atomic E-state index is 4.18. The third-order valence-corrected chi connectivity index (χ3v) is 3.27. The molecule has 0 bridgehead atoms. The van der Waals surface area contributed by atoms with Crippen LogP contribution in [-0.4, -0.2) is 21.0 Å². The second kappa shape index (κ2) is 3.55. The molecule has 1 N–H and O–H groups in total. The van der Waals surface area contributed by atoms with E-state index in [-0.39, 0.29) is 5.54 Å². The summed E-state index contributed by atoms with van der Waals surface area (Å²) in [6, 6.07) is 0.646. The number of nitrogens with one attached hydrogen (secondary N) is 1. The summed E-state index contributed by atoms with van der Waals surface area (Å²) in [5.74, 6) is 0. The predicted molar refractivity (Wildman–Crippen MR) is 64.0 cm³/mol. The van der Waals surface area contributed by atoms with Crippen molar-refractivity contribution in [1.29, 1.82) is 0 Å². The van der Waals surface area contributed by atoms with E-state index in [2.05, 4.69) is 50.2 Å². The largest absolute Gasteiger partial charge is 0.308 e. The molecule has 1 atom stereocenters. The zero-order valence-electron chi connectivity index (χ0n) is 10.9. The standard InChI is InChI=1S/C12H22N4/c1-11(2,3)16-8-9(14-15-16)7-13-10-6-12(10,4)5/h8,10,13H,6-7H2,1-5H3. The Balaban J connectivity index is 1.89. The van der Waals surface area contributed by atoms with E-state index in [1.165, 1.54) is 6.42 Å². The van der Waals surface area contributed by atoms with Crippen molar-refractivity contribution in [1.82, 2.24) is 20.3 Å². The lowest BCUT2D eigenvalue weighted by atomic mass is 10.1. The van der Waals surface area contributed by atoms with E-state index in [1.54, 1.807) is 0 Å². The fourth-order valence-electron chi connectivity index (χ4n) is 1.75. The number of nitrogens with zero attached hydrogens (tertiary/aromatic N) is 3. The molecule has 1 fully saturated rings. The molecule has 0 amide bonds. The van der Waals surface area contributed by atoms with Gasteiger partial charge in [0.2, 0.25) is 0 Å². The van der Waals surface area contributed by atoms with E-state index < -0.39 is 0 Å². The summed E-state index contributed by atoms with van der Waals surface area (Å²) in [4.78, 5) is 0. The van der Waals surface area contributed by atoms with Crippen molar-refractivity contribution in [3.05, 3.63) is 11.9 Å². The molecule has 0 aliphatic heterocycles. The van der Waals surface area contributed by atoms with Crippen molar-refractivity contribution in [2.75, 3.05) is 0 Å². The Bertz CT molecular complexity index is 373. The molecule has 2 rings (SSSR count). The van der Waals surface area contributed by atoms with E-state index in [9.17, 15) is 0 Å². The summed E-state index contributed by atoms with van der Waals surface area (Å²) in [6.07, 6.45) is 3.29. The first-order valence-electron chi connectivity index (χ1n) is 5.94. The van der Waals surface area contributed by atoms with E-state index in [1.807, 2.05) is 10.9 Å². The monoisotopic (exact) mass is 222 g/mol. The van der Waals surface area contributed by atoms with Gasteiger partial charge in [0.1, 0.15) is 0 Å². The Hall–Kier alpha value is -0.900. The van der Waals surface area contributed by atoms with Gasteiger partial charge in [-0.25, -0.2) is 4.68 Å². The fourth-order valence-corrected chi connectivity index (χ4v) is 1.75. The van der Waals surface area contributed by atoms with Gasteiger partial charge < -0.3 is 5.32 Å². The quantitative estimate of drug-likeness (QED) is 0.849. The van der Waals surface area contributed by atoms with Crippen LogP contribution in [0.1, 0.15) is 46.7 Å². The molecule has 0 aromatic carbocycles. The molecule has 4 heteroatoms. The van der Waals surface area contributed by atoms with Crippen molar-refractivity contribution in [3.63, 3.8) is 0 Å². The Labute approximate surface area is 97.4 Å². The lowest BCUT2D eigenvalue weighted by molar-refractivity contribution is 0.347. The molecule has 1 aromatic heterocycles. The molecule has 1 saturated carbocycles. The predicted octanol–water partition coefficient (Wildman–Crippen LogP) is 1.92. The van der Waals surface area contributed by atoms with Crippen molar-refractivity contribution < 1.29 is 0 Å². The van der Waals surface area contributed by atoms with Gasteiger partial charge >= 0.3 is 0 Å². The molecule has 0 spiro atoms. The van der Waals surface area contributed by atoms with E-state index in [0.717, 1.165) is 12.2 Å². The number of hydrogen-bond donors (Lipinski definition) is 1. The second-order valence-electron chi connectivity index (χ2n) is 6.45. The molecule has 1 unspecified atom stereocenters. The van der Waals surface area contributed by atoms with Gasteiger partial charge in [0, 0.05) is 12.6 Å². The number of hydrogen-bond acceptors (Lipinski definition) is 3. The molecule has 90 valence electrons. The van der Waals surface area contributed by atoms with Gasteiger partial charge in [0.15, 0.2) is 0 Å². The van der Waals surface area contributed by atoms with Gasteiger partial charge in [0.25, 0.3) is 0 Å². The molecular weight excluding hydrogens is 200 g/mol. The maximum Gasteiger partial charge on any atom is 0.0965 e. The first-order valence-corrected chi connectivity index (χ1v) is 5.94. The fraction of sp³-hybridized carbons (Fsp3) is 0.833. The maximum atomic E-state index is 4.18. The van der Waals surface area contributed by atoms with Gasteiger partial charge in [-0.15, -0.1) is 5.10 Å². The summed E-state index contributed by atoms with van der Waals surface area (Å²) >= 11 is 0. The highest BCUT2D eigenvalue weighted by Gasteiger charge is 2.45. The van der Waals surface area contributed by atoms with Crippen LogP contribution in [-0.2, 0) is 12.1 Å². The van der Waals surface area contributed by atoms with Crippen LogP contribution in [0.2, 0.25) is 0 Å². The summed E-state index contributed by atoms with van der Waals surface area (Å²) in [5.41, 5.74) is 1.52. The highest BCUT2D eigenvalue weighted by atomic mass is 15.4. The van der Waals surface area contributed by atoms with Gasteiger partial charge in [0.05, 0.1) is 17.4 Å². The Kier molecular flexibility index (Phi) is 2.57. The van der Waals surface area contributed by atoms with Crippen LogP contribution in [0.4, 0.5) is 0 Å². The summed E-state index contributed by atoms with van der Waals surface area (Å²) < 4.78 is 1.92. The van der Waals surface area contributed by atoms with Crippen molar-refractivity contribution >= 4 is 0 Å². The Morgan fingerprint density at radius 3 is 2.56 bits per heavy atom. The highest BCUT2D eigenvalue weighted by Crippen LogP contribution is 2.44. The lowest BCUT2D eigenvalue weighted by Crippen LogP contribution is -2.22. The van der Waals surface area contributed by atoms with Crippen LogP contribution >= 0.6 is 0 Å². The Morgan fingerprint density at radius 1 is 1.50 bits per heavy atom. The summed E-state index contributed by atoms with van der Waals surface area (Å²) in [7, 11) is 0. The van der Waals surface area contributed by atoms with E-state index >= 15 is 0 Å². The molecule has 4 nitrogen and oxygen atoms in total. The topological polar surface area (TPSA) is 42.7 Å². The van der Waals surface area contributed by atoms with Gasteiger partial charge in [-0.3, -0.25) is 0 Å². The van der Waals surface area contributed by atoms with E-state index in [0.29, 0.717) is 11.5 Å². The second-order valence-corrected chi connectivity index (χ2v) is 6.45. The molecule has 1 aliphatic rings. The molecule has 0 saturated heterocycles. The van der Waals surface area contributed by atoms with Crippen LogP contribution in [0.25, 0.3) is 0 Å². The minimum atomic E-state index is 0.0180. The smallest absolute Gasteiger partial charge is 0.0965 e. The normalized spacial score (nSPS) is 23.4. The van der Waals surface area contributed by atoms with Gasteiger partial charge in [-0.05, 0) is 32.6 Å². The van der Waals surface area contributed by atoms with Crippen molar-refractivity contribution in [3.8, 4) is 0 Å². The highest BCUT2D eigenvalue weighted by molar-refractivity contribution is 5.03. The first kappa shape index (κ1) is 11.6. The van der Waals surface area contributed by atoms with Crippen LogP contribution < -0.4 is 5.32 Å². The van der Waals surface area contributed by atoms with E-state index in [4.69, 9.17) is 0 Å². The average molecular weight is 222 g/mol. The Morgan fingerprint density at radius 2 is 2.12 bits per heavy atom. The summed E-state index contributed by atoms with van der Waals surface area (Å²) in [5, 5.41) is 11.8. The molecule has 0 radical (unpaired) electrons. The van der Waals surface area contributed by atoms with Crippen LogP contribution in [0.5, 0.6) is 0 Å². The van der Waals surface area contributed by atoms with Crippen molar-refractivity contribution in [2.45, 2.75) is 59.2 Å². The lowest BCUT2D eigenvalue weighted by Gasteiger charge is -2.17.